The van der Waals surface area contributed by atoms with E-state index in [0.29, 0.717) is 17.5 Å². The van der Waals surface area contributed by atoms with Crippen molar-refractivity contribution in [1.82, 2.24) is 15.0 Å². The van der Waals surface area contributed by atoms with Crippen LogP contribution < -0.4 is 0 Å². The summed E-state index contributed by atoms with van der Waals surface area (Å²) >= 11 is 0. The molecule has 57 heavy (non-hydrogen) atoms. The van der Waals surface area contributed by atoms with Crippen molar-refractivity contribution >= 4 is 0 Å². The van der Waals surface area contributed by atoms with Gasteiger partial charge in [-0.05, 0) is 79.3 Å². The van der Waals surface area contributed by atoms with Crippen LogP contribution >= 0.6 is 0 Å². The van der Waals surface area contributed by atoms with E-state index in [-0.39, 0.29) is 10.8 Å². The first-order valence-electron chi connectivity index (χ1n) is 20.2. The summed E-state index contributed by atoms with van der Waals surface area (Å²) in [6.07, 6.45) is 2.35. The van der Waals surface area contributed by atoms with Crippen LogP contribution in [0.15, 0.2) is 176 Å². The van der Waals surface area contributed by atoms with E-state index in [1.165, 1.54) is 50.9 Å². The zero-order valence-electron chi connectivity index (χ0n) is 33.0. The molecule has 3 nitrogen and oxygen atoms in total. The van der Waals surface area contributed by atoms with Crippen LogP contribution in [0.3, 0.4) is 0 Å². The maximum absolute atomic E-state index is 5.45. The summed E-state index contributed by atoms with van der Waals surface area (Å²) in [5, 5.41) is 0. The van der Waals surface area contributed by atoms with E-state index in [4.69, 9.17) is 15.0 Å². The number of fused-ring (bicyclic) bond motifs is 4. The zero-order chi connectivity index (χ0) is 38.8. The molecule has 0 fully saturated rings. The third kappa shape index (κ3) is 5.59. The lowest BCUT2D eigenvalue weighted by Crippen LogP contribution is -2.33. The molecule has 1 aromatic heterocycles. The molecule has 0 N–H and O–H groups in total. The Kier molecular flexibility index (Phi) is 8.19. The Balaban J connectivity index is 1.22. The molecular weight excluding hydrogens is 691 g/mol. The van der Waals surface area contributed by atoms with Gasteiger partial charge in [0.25, 0.3) is 0 Å². The standard InChI is InChI=1S/C54H45N3/c1-52(2)33-34-53(3,4)47-35-37(31-32-45(47)52)40-25-14-15-26-41(40)50-55-49(36-19-8-5-9-20-36)56-51(57-50)43-28-18-30-46-48(43)42-27-16-17-29-44(42)54(46,38-21-10-6-11-22-38)39-23-12-7-13-24-39/h5-32,35H,33-34H2,1-4H3. The van der Waals surface area contributed by atoms with Gasteiger partial charge in [-0.2, -0.15) is 0 Å². The van der Waals surface area contributed by atoms with E-state index in [1.54, 1.807) is 0 Å². The molecule has 276 valence electrons. The highest BCUT2D eigenvalue weighted by atomic mass is 15.0. The van der Waals surface area contributed by atoms with E-state index in [9.17, 15) is 0 Å². The van der Waals surface area contributed by atoms with Crippen molar-refractivity contribution in [2.45, 2.75) is 56.8 Å². The summed E-state index contributed by atoms with van der Waals surface area (Å²) in [5.74, 6) is 1.97. The second-order valence-corrected chi connectivity index (χ2v) is 17.0. The maximum Gasteiger partial charge on any atom is 0.164 e. The summed E-state index contributed by atoms with van der Waals surface area (Å²) in [5.41, 5.74) is 15.1. The average Bonchev–Trinajstić information content (AvgIpc) is 3.57. The van der Waals surface area contributed by atoms with Crippen molar-refractivity contribution in [2.24, 2.45) is 0 Å². The summed E-state index contributed by atoms with van der Waals surface area (Å²) in [6, 6.07) is 63.4. The molecule has 0 bridgehead atoms. The van der Waals surface area contributed by atoms with Gasteiger partial charge >= 0.3 is 0 Å². The van der Waals surface area contributed by atoms with Gasteiger partial charge in [-0.3, -0.25) is 0 Å². The Hall–Kier alpha value is -6.45. The number of hydrogen-bond donors (Lipinski definition) is 0. The highest BCUT2D eigenvalue weighted by Crippen LogP contribution is 2.58. The molecule has 0 spiro atoms. The van der Waals surface area contributed by atoms with Crippen molar-refractivity contribution in [3.8, 4) is 56.4 Å². The Morgan fingerprint density at radius 3 is 1.51 bits per heavy atom. The Bertz CT molecular complexity index is 2740. The van der Waals surface area contributed by atoms with Crippen LogP contribution in [0.25, 0.3) is 56.4 Å². The lowest BCUT2D eigenvalue weighted by atomic mass is 9.63. The fourth-order valence-corrected chi connectivity index (χ4v) is 9.70. The molecule has 8 aromatic rings. The van der Waals surface area contributed by atoms with Crippen LogP contribution in [0.4, 0.5) is 0 Å². The molecule has 0 saturated heterocycles. The van der Waals surface area contributed by atoms with Crippen molar-refractivity contribution in [3.05, 3.63) is 209 Å². The number of nitrogens with zero attached hydrogens (tertiary/aromatic N) is 3. The largest absolute Gasteiger partial charge is 0.208 e. The maximum atomic E-state index is 5.45. The van der Waals surface area contributed by atoms with Crippen molar-refractivity contribution in [3.63, 3.8) is 0 Å². The first-order chi connectivity index (χ1) is 27.8. The third-order valence-corrected chi connectivity index (χ3v) is 12.7. The molecule has 0 saturated carbocycles. The van der Waals surface area contributed by atoms with Crippen molar-refractivity contribution in [2.75, 3.05) is 0 Å². The van der Waals surface area contributed by atoms with Gasteiger partial charge in [0.15, 0.2) is 17.5 Å². The van der Waals surface area contributed by atoms with Crippen molar-refractivity contribution in [1.29, 1.82) is 0 Å². The number of benzene rings is 7. The molecule has 0 aliphatic heterocycles. The summed E-state index contributed by atoms with van der Waals surface area (Å²) in [4.78, 5) is 16.0. The molecule has 0 amide bonds. The van der Waals surface area contributed by atoms with Gasteiger partial charge in [-0.1, -0.05) is 204 Å². The minimum absolute atomic E-state index is 0.0926. The molecule has 2 aliphatic carbocycles. The highest BCUT2D eigenvalue weighted by Gasteiger charge is 2.47. The minimum Gasteiger partial charge on any atom is -0.208 e. The molecule has 3 heteroatoms. The topological polar surface area (TPSA) is 38.7 Å². The van der Waals surface area contributed by atoms with Gasteiger partial charge in [-0.15, -0.1) is 0 Å². The van der Waals surface area contributed by atoms with Crippen LogP contribution in [0.5, 0.6) is 0 Å². The molecule has 7 aromatic carbocycles. The fourth-order valence-electron chi connectivity index (χ4n) is 9.70. The number of hydrogen-bond acceptors (Lipinski definition) is 3. The van der Waals surface area contributed by atoms with E-state index in [1.807, 2.05) is 18.2 Å². The molecule has 2 aliphatic rings. The summed E-state index contributed by atoms with van der Waals surface area (Å²) < 4.78 is 0. The number of aromatic nitrogens is 3. The minimum atomic E-state index is -0.524. The van der Waals surface area contributed by atoms with E-state index >= 15 is 0 Å². The lowest BCUT2D eigenvalue weighted by molar-refractivity contribution is 0.332. The fraction of sp³-hybridized carbons (Fsp3) is 0.167. The second kappa shape index (κ2) is 13.3. The van der Waals surface area contributed by atoms with E-state index in [2.05, 4.69) is 185 Å². The molecule has 10 rings (SSSR count). The Morgan fingerprint density at radius 1 is 0.351 bits per heavy atom. The van der Waals surface area contributed by atoms with Gasteiger partial charge in [0, 0.05) is 16.7 Å². The molecular formula is C54H45N3. The van der Waals surface area contributed by atoms with Gasteiger partial charge in [0.05, 0.1) is 5.41 Å². The van der Waals surface area contributed by atoms with Gasteiger partial charge in [-0.25, -0.2) is 15.0 Å². The predicted molar refractivity (Wildman–Crippen MR) is 234 cm³/mol. The molecule has 1 heterocycles. The summed E-state index contributed by atoms with van der Waals surface area (Å²) in [6.45, 7) is 9.55. The smallest absolute Gasteiger partial charge is 0.164 e. The van der Waals surface area contributed by atoms with Crippen LogP contribution in [0.2, 0.25) is 0 Å². The van der Waals surface area contributed by atoms with Crippen LogP contribution in [-0.4, -0.2) is 15.0 Å². The predicted octanol–water partition coefficient (Wildman–Crippen LogP) is 13.3. The van der Waals surface area contributed by atoms with Gasteiger partial charge in [0.2, 0.25) is 0 Å². The van der Waals surface area contributed by atoms with Crippen LogP contribution in [0, 0.1) is 0 Å². The van der Waals surface area contributed by atoms with Gasteiger partial charge in [0.1, 0.15) is 0 Å². The van der Waals surface area contributed by atoms with E-state index < -0.39 is 5.41 Å². The number of rotatable bonds is 6. The Labute approximate surface area is 336 Å². The zero-order valence-corrected chi connectivity index (χ0v) is 33.0. The first kappa shape index (κ1) is 35.0. The molecule has 0 unspecified atom stereocenters. The molecule has 0 radical (unpaired) electrons. The summed E-state index contributed by atoms with van der Waals surface area (Å²) in [7, 11) is 0. The van der Waals surface area contributed by atoms with Crippen molar-refractivity contribution < 1.29 is 0 Å². The quantitative estimate of drug-likeness (QED) is 0.171. The van der Waals surface area contributed by atoms with E-state index in [0.717, 1.165) is 34.2 Å². The first-order valence-corrected chi connectivity index (χ1v) is 20.2. The normalized spacial score (nSPS) is 15.6. The highest BCUT2D eigenvalue weighted by molar-refractivity contribution is 5.94. The van der Waals surface area contributed by atoms with Crippen LogP contribution in [-0.2, 0) is 16.2 Å². The Morgan fingerprint density at radius 2 is 0.842 bits per heavy atom. The third-order valence-electron chi connectivity index (χ3n) is 12.7. The molecule has 0 atom stereocenters. The van der Waals surface area contributed by atoms with Crippen LogP contribution in [0.1, 0.15) is 73.9 Å². The second-order valence-electron chi connectivity index (χ2n) is 17.0. The van der Waals surface area contributed by atoms with Gasteiger partial charge < -0.3 is 0 Å². The lowest BCUT2D eigenvalue weighted by Gasteiger charge is -2.42. The SMILES string of the molecule is CC1(C)CCC(C)(C)c2cc(-c3ccccc3-c3nc(-c4ccccc4)nc(-c4cccc5c4-c4ccccc4C5(c4ccccc4)c4ccccc4)n3)ccc21. The average molecular weight is 736 g/mol. The monoisotopic (exact) mass is 735 g/mol.